The molecule has 0 aromatic rings. The Labute approximate surface area is 97.4 Å². The minimum absolute atomic E-state index is 0.168. The number of hydrogen-bond donors (Lipinski definition) is 0. The Morgan fingerprint density at radius 1 is 1.31 bits per heavy atom. The minimum atomic E-state index is -0.341. The molecule has 1 unspecified atom stereocenters. The van der Waals surface area contributed by atoms with Crippen LogP contribution in [0.15, 0.2) is 23.8 Å². The predicted molar refractivity (Wildman–Crippen MR) is 64.0 cm³/mol. The molecule has 3 aliphatic rings. The Balaban J connectivity index is 2.14. The molecule has 1 atom stereocenters. The number of allylic oxidation sites excluding steroid dienone is 2. The molecular formula is C14H20O2. The summed E-state index contributed by atoms with van der Waals surface area (Å²) in [4.78, 5) is 11.2. The third kappa shape index (κ3) is 2.75. The van der Waals surface area contributed by atoms with Gasteiger partial charge in [-0.05, 0) is 31.8 Å². The van der Waals surface area contributed by atoms with E-state index < -0.39 is 0 Å². The number of carbonyl (C=O) groups excluding carboxylic acids is 1. The molecule has 88 valence electrons. The Hall–Kier alpha value is -1.05. The van der Waals surface area contributed by atoms with Gasteiger partial charge in [0, 0.05) is 13.3 Å². The van der Waals surface area contributed by atoms with Crippen molar-refractivity contribution in [1.82, 2.24) is 0 Å². The van der Waals surface area contributed by atoms with Gasteiger partial charge in [0.1, 0.15) is 5.60 Å². The van der Waals surface area contributed by atoms with E-state index in [4.69, 9.17) is 4.74 Å². The highest BCUT2D eigenvalue weighted by Crippen LogP contribution is 2.33. The van der Waals surface area contributed by atoms with Gasteiger partial charge in [-0.15, -0.1) is 0 Å². The SMILES string of the molecule is CC(=O)OC12C=CC(=CC1)CCCCCC2. The summed E-state index contributed by atoms with van der Waals surface area (Å²) < 4.78 is 5.53. The number of hydrogen-bond acceptors (Lipinski definition) is 2. The maximum absolute atomic E-state index is 11.2. The van der Waals surface area contributed by atoms with E-state index in [2.05, 4.69) is 18.2 Å². The first-order valence-electron chi connectivity index (χ1n) is 6.28. The highest BCUT2D eigenvalue weighted by Gasteiger charge is 2.31. The summed E-state index contributed by atoms with van der Waals surface area (Å²) in [5.74, 6) is -0.168. The van der Waals surface area contributed by atoms with Gasteiger partial charge in [-0.2, -0.15) is 0 Å². The minimum Gasteiger partial charge on any atom is -0.455 e. The van der Waals surface area contributed by atoms with Gasteiger partial charge in [0.2, 0.25) is 0 Å². The number of carbonyl (C=O) groups is 1. The zero-order chi connectivity index (χ0) is 11.4. The first kappa shape index (κ1) is 11.4. The lowest BCUT2D eigenvalue weighted by molar-refractivity contribution is -0.152. The number of ether oxygens (including phenoxy) is 1. The first-order chi connectivity index (χ1) is 7.70. The maximum Gasteiger partial charge on any atom is 0.303 e. The van der Waals surface area contributed by atoms with Gasteiger partial charge in [-0.25, -0.2) is 0 Å². The zero-order valence-corrected chi connectivity index (χ0v) is 10.00. The lowest BCUT2D eigenvalue weighted by Crippen LogP contribution is -2.33. The van der Waals surface area contributed by atoms with Gasteiger partial charge in [0.15, 0.2) is 0 Å². The third-order valence-corrected chi connectivity index (χ3v) is 3.47. The highest BCUT2D eigenvalue weighted by atomic mass is 16.6. The van der Waals surface area contributed by atoms with Crippen LogP contribution in [0.5, 0.6) is 0 Å². The average Bonchev–Trinajstić information content (AvgIpc) is 2.27. The van der Waals surface area contributed by atoms with E-state index >= 15 is 0 Å². The van der Waals surface area contributed by atoms with Crippen molar-refractivity contribution < 1.29 is 9.53 Å². The summed E-state index contributed by atoms with van der Waals surface area (Å²) in [5, 5.41) is 0. The van der Waals surface area contributed by atoms with Crippen LogP contribution >= 0.6 is 0 Å². The van der Waals surface area contributed by atoms with Crippen molar-refractivity contribution in [1.29, 1.82) is 0 Å². The van der Waals surface area contributed by atoms with Crippen LogP contribution in [0.4, 0.5) is 0 Å². The van der Waals surface area contributed by atoms with E-state index in [-0.39, 0.29) is 11.6 Å². The molecule has 0 aromatic carbocycles. The van der Waals surface area contributed by atoms with Crippen molar-refractivity contribution in [3.05, 3.63) is 23.8 Å². The van der Waals surface area contributed by atoms with Crippen molar-refractivity contribution in [2.45, 2.75) is 57.5 Å². The third-order valence-electron chi connectivity index (χ3n) is 3.47. The van der Waals surface area contributed by atoms with Crippen LogP contribution in [-0.4, -0.2) is 11.6 Å². The van der Waals surface area contributed by atoms with Gasteiger partial charge < -0.3 is 4.74 Å². The largest absolute Gasteiger partial charge is 0.455 e. The lowest BCUT2D eigenvalue weighted by Gasteiger charge is -2.32. The summed E-state index contributed by atoms with van der Waals surface area (Å²) in [5.41, 5.74) is 1.07. The molecule has 0 amide bonds. The quantitative estimate of drug-likeness (QED) is 0.632. The van der Waals surface area contributed by atoms with Crippen LogP contribution in [-0.2, 0) is 9.53 Å². The fraction of sp³-hybridized carbons (Fsp3) is 0.643. The van der Waals surface area contributed by atoms with E-state index in [0.29, 0.717) is 0 Å². The van der Waals surface area contributed by atoms with Gasteiger partial charge in [0.25, 0.3) is 0 Å². The van der Waals surface area contributed by atoms with E-state index in [1.54, 1.807) is 0 Å². The summed E-state index contributed by atoms with van der Waals surface area (Å²) in [6, 6.07) is 0. The number of rotatable bonds is 1. The molecule has 0 fully saturated rings. The Morgan fingerprint density at radius 3 is 2.81 bits per heavy atom. The second-order valence-electron chi connectivity index (χ2n) is 4.89. The Bertz CT molecular complexity index is 328. The molecule has 3 rings (SSSR count). The van der Waals surface area contributed by atoms with Crippen molar-refractivity contribution in [3.8, 4) is 0 Å². The Kier molecular flexibility index (Phi) is 3.47. The molecule has 2 nitrogen and oxygen atoms in total. The second kappa shape index (κ2) is 4.86. The molecule has 2 bridgehead atoms. The van der Waals surface area contributed by atoms with E-state index in [0.717, 1.165) is 19.3 Å². The van der Waals surface area contributed by atoms with E-state index in [9.17, 15) is 4.79 Å². The summed E-state index contributed by atoms with van der Waals surface area (Å²) in [7, 11) is 0. The lowest BCUT2D eigenvalue weighted by atomic mass is 9.84. The molecule has 16 heavy (non-hydrogen) atoms. The molecule has 0 aromatic heterocycles. The molecule has 0 heterocycles. The molecule has 0 saturated carbocycles. The van der Waals surface area contributed by atoms with Crippen LogP contribution in [0.25, 0.3) is 0 Å². The molecule has 0 radical (unpaired) electrons. The molecule has 2 heteroatoms. The summed E-state index contributed by atoms with van der Waals surface area (Å²) in [6.07, 6.45) is 14.5. The molecule has 0 spiro atoms. The maximum atomic E-state index is 11.2. The molecule has 3 aliphatic carbocycles. The smallest absolute Gasteiger partial charge is 0.303 e. The van der Waals surface area contributed by atoms with Crippen molar-refractivity contribution in [2.75, 3.05) is 0 Å². The topological polar surface area (TPSA) is 26.3 Å². The van der Waals surface area contributed by atoms with Gasteiger partial charge in [0.05, 0.1) is 0 Å². The molecule has 0 saturated heterocycles. The summed E-state index contributed by atoms with van der Waals surface area (Å²) in [6.45, 7) is 1.50. The van der Waals surface area contributed by atoms with Gasteiger partial charge in [-0.3, -0.25) is 4.79 Å². The van der Waals surface area contributed by atoms with Crippen molar-refractivity contribution >= 4 is 5.97 Å². The zero-order valence-electron chi connectivity index (χ0n) is 10.00. The molecular weight excluding hydrogens is 200 g/mol. The Morgan fingerprint density at radius 2 is 2.12 bits per heavy atom. The van der Waals surface area contributed by atoms with Crippen LogP contribution < -0.4 is 0 Å². The van der Waals surface area contributed by atoms with Crippen molar-refractivity contribution in [2.24, 2.45) is 0 Å². The fourth-order valence-corrected chi connectivity index (χ4v) is 2.59. The number of fused-ring (bicyclic) bond motifs is 6. The van der Waals surface area contributed by atoms with Crippen LogP contribution in [0.1, 0.15) is 51.9 Å². The molecule has 0 aliphatic heterocycles. The first-order valence-corrected chi connectivity index (χ1v) is 6.28. The van der Waals surface area contributed by atoms with E-state index in [1.807, 2.05) is 0 Å². The van der Waals surface area contributed by atoms with Crippen LogP contribution in [0.3, 0.4) is 0 Å². The van der Waals surface area contributed by atoms with Crippen molar-refractivity contribution in [3.63, 3.8) is 0 Å². The molecule has 0 N–H and O–H groups in total. The van der Waals surface area contributed by atoms with Crippen LogP contribution in [0.2, 0.25) is 0 Å². The number of esters is 1. The predicted octanol–water partition coefficient (Wildman–Crippen LogP) is 3.53. The van der Waals surface area contributed by atoms with Gasteiger partial charge >= 0.3 is 5.97 Å². The van der Waals surface area contributed by atoms with Crippen LogP contribution in [0, 0.1) is 0 Å². The standard InChI is InChI=1S/C14H20O2/c1-12(15)16-14-9-5-3-2-4-6-13(7-10-14)8-11-14/h7-8,10H,2-6,9,11H2,1H3. The highest BCUT2D eigenvalue weighted by molar-refractivity contribution is 5.67. The fourth-order valence-electron chi connectivity index (χ4n) is 2.59. The second-order valence-corrected chi connectivity index (χ2v) is 4.89. The van der Waals surface area contributed by atoms with Gasteiger partial charge in [-0.1, -0.05) is 30.6 Å². The monoisotopic (exact) mass is 220 g/mol. The average molecular weight is 220 g/mol. The van der Waals surface area contributed by atoms with E-state index in [1.165, 1.54) is 38.2 Å². The normalized spacial score (nSPS) is 29.7. The summed E-state index contributed by atoms with van der Waals surface area (Å²) >= 11 is 0.